The number of carbonyl (C=O) groups excluding carboxylic acids is 1. The highest BCUT2D eigenvalue weighted by atomic mass is 16.6. The second-order valence-corrected chi connectivity index (χ2v) is 4.60. The lowest BCUT2D eigenvalue weighted by molar-refractivity contribution is -0.384. The summed E-state index contributed by atoms with van der Waals surface area (Å²) in [5.41, 5.74) is 0.658. The molecular formula is C15H10N4O5. The van der Waals surface area contributed by atoms with Crippen molar-refractivity contribution in [3.63, 3.8) is 0 Å². The van der Waals surface area contributed by atoms with Gasteiger partial charge in [0.1, 0.15) is 5.69 Å². The Labute approximate surface area is 135 Å². The topological polar surface area (TPSA) is 121 Å². The number of esters is 1. The zero-order valence-corrected chi connectivity index (χ0v) is 12.2. The fourth-order valence-electron chi connectivity index (χ4n) is 1.84. The molecule has 0 aliphatic carbocycles. The van der Waals surface area contributed by atoms with E-state index >= 15 is 0 Å². The highest BCUT2D eigenvalue weighted by Gasteiger charge is 2.14. The number of nitrogens with zero attached hydrogens (tertiary/aromatic N) is 4. The summed E-state index contributed by atoms with van der Waals surface area (Å²) in [5, 5.41) is 18.2. The number of pyridine rings is 1. The average Bonchev–Trinajstić information content (AvgIpc) is 3.09. The van der Waals surface area contributed by atoms with Gasteiger partial charge in [-0.3, -0.25) is 10.1 Å². The molecule has 0 bridgehead atoms. The quantitative estimate of drug-likeness (QED) is 0.398. The molecule has 0 radical (unpaired) electrons. The monoisotopic (exact) mass is 326 g/mol. The maximum absolute atomic E-state index is 11.8. The Kier molecular flexibility index (Phi) is 4.23. The molecule has 0 saturated carbocycles. The molecule has 3 rings (SSSR count). The molecule has 0 aliphatic rings. The molecule has 0 spiro atoms. The van der Waals surface area contributed by atoms with Gasteiger partial charge in [0.05, 0.1) is 4.92 Å². The third-order valence-electron chi connectivity index (χ3n) is 2.99. The largest absolute Gasteiger partial charge is 0.451 e. The van der Waals surface area contributed by atoms with E-state index in [1.54, 1.807) is 12.1 Å². The SMILES string of the molecule is O=C(OCc1nnc(-c2ccc([N+](=O)[O-])cc2)o1)c1ccccn1. The molecule has 120 valence electrons. The zero-order valence-electron chi connectivity index (χ0n) is 12.2. The number of nitro groups is 1. The fourth-order valence-corrected chi connectivity index (χ4v) is 1.84. The number of carbonyl (C=O) groups is 1. The van der Waals surface area contributed by atoms with Crippen molar-refractivity contribution < 1.29 is 18.9 Å². The Balaban J connectivity index is 1.65. The molecule has 0 fully saturated rings. The van der Waals surface area contributed by atoms with Gasteiger partial charge in [0, 0.05) is 23.9 Å². The Hall–Kier alpha value is -3.62. The van der Waals surface area contributed by atoms with Crippen molar-refractivity contribution in [1.29, 1.82) is 0 Å². The van der Waals surface area contributed by atoms with Gasteiger partial charge in [-0.1, -0.05) is 6.07 Å². The summed E-state index contributed by atoms with van der Waals surface area (Å²) in [6, 6.07) is 10.5. The molecule has 1 aromatic carbocycles. The van der Waals surface area contributed by atoms with Crippen LogP contribution < -0.4 is 0 Å². The second-order valence-electron chi connectivity index (χ2n) is 4.60. The predicted octanol–water partition coefficient (Wildman–Crippen LogP) is 2.40. The van der Waals surface area contributed by atoms with E-state index in [4.69, 9.17) is 9.15 Å². The van der Waals surface area contributed by atoms with Crippen LogP contribution >= 0.6 is 0 Å². The standard InChI is InChI=1S/C15H10N4O5/c20-15(12-3-1-2-8-16-12)23-9-13-17-18-14(24-13)10-4-6-11(7-5-10)19(21)22/h1-8H,9H2. The van der Waals surface area contributed by atoms with E-state index in [1.807, 2.05) is 0 Å². The van der Waals surface area contributed by atoms with Crippen LogP contribution in [0.1, 0.15) is 16.4 Å². The number of nitro benzene ring substituents is 1. The van der Waals surface area contributed by atoms with E-state index in [1.165, 1.54) is 36.5 Å². The minimum absolute atomic E-state index is 0.0391. The minimum Gasteiger partial charge on any atom is -0.451 e. The van der Waals surface area contributed by atoms with Crippen LogP contribution in [0, 0.1) is 10.1 Å². The van der Waals surface area contributed by atoms with Gasteiger partial charge in [-0.25, -0.2) is 9.78 Å². The number of aromatic nitrogens is 3. The van der Waals surface area contributed by atoms with Crippen LogP contribution in [0.25, 0.3) is 11.5 Å². The van der Waals surface area contributed by atoms with Crippen LogP contribution in [0.4, 0.5) is 5.69 Å². The molecule has 9 heteroatoms. The molecule has 2 heterocycles. The Morgan fingerprint density at radius 1 is 1.17 bits per heavy atom. The van der Waals surface area contributed by atoms with Crippen molar-refractivity contribution in [2.45, 2.75) is 6.61 Å². The molecule has 0 aliphatic heterocycles. The third kappa shape index (κ3) is 3.40. The zero-order chi connectivity index (χ0) is 16.9. The van der Waals surface area contributed by atoms with Gasteiger partial charge in [-0.2, -0.15) is 0 Å². The van der Waals surface area contributed by atoms with E-state index in [-0.39, 0.29) is 29.8 Å². The van der Waals surface area contributed by atoms with Crippen molar-refractivity contribution in [2.24, 2.45) is 0 Å². The number of hydrogen-bond donors (Lipinski definition) is 0. The second kappa shape index (κ2) is 6.65. The van der Waals surface area contributed by atoms with Gasteiger partial charge in [-0.05, 0) is 24.3 Å². The number of benzene rings is 1. The molecule has 3 aromatic rings. The summed E-state index contributed by atoms with van der Waals surface area (Å²) >= 11 is 0. The van der Waals surface area contributed by atoms with Gasteiger partial charge in [0.2, 0.25) is 5.89 Å². The number of hydrogen-bond acceptors (Lipinski definition) is 8. The van der Waals surface area contributed by atoms with Gasteiger partial charge >= 0.3 is 5.97 Å². The molecule has 0 N–H and O–H groups in total. The van der Waals surface area contributed by atoms with Crippen molar-refractivity contribution in [2.75, 3.05) is 0 Å². The van der Waals surface area contributed by atoms with E-state index in [0.717, 1.165) is 0 Å². The molecule has 0 saturated heterocycles. The van der Waals surface area contributed by atoms with E-state index < -0.39 is 10.9 Å². The van der Waals surface area contributed by atoms with Crippen LogP contribution in [0.2, 0.25) is 0 Å². The van der Waals surface area contributed by atoms with Gasteiger partial charge in [-0.15, -0.1) is 10.2 Å². The summed E-state index contributed by atoms with van der Waals surface area (Å²) in [5.74, 6) is -0.327. The highest BCUT2D eigenvalue weighted by Crippen LogP contribution is 2.21. The number of rotatable bonds is 5. The van der Waals surface area contributed by atoms with Crippen molar-refractivity contribution >= 4 is 11.7 Å². The summed E-state index contributed by atoms with van der Waals surface area (Å²) in [7, 11) is 0. The molecular weight excluding hydrogens is 316 g/mol. The molecule has 0 unspecified atom stereocenters. The molecule has 2 aromatic heterocycles. The van der Waals surface area contributed by atoms with Gasteiger partial charge in [0.25, 0.3) is 11.6 Å². The fraction of sp³-hybridized carbons (Fsp3) is 0.0667. The van der Waals surface area contributed by atoms with E-state index in [2.05, 4.69) is 15.2 Å². The van der Waals surface area contributed by atoms with Crippen LogP contribution in [-0.2, 0) is 11.3 Å². The van der Waals surface area contributed by atoms with Crippen molar-refractivity contribution in [3.8, 4) is 11.5 Å². The van der Waals surface area contributed by atoms with Crippen LogP contribution in [0.5, 0.6) is 0 Å². The van der Waals surface area contributed by atoms with Crippen LogP contribution in [0.3, 0.4) is 0 Å². The minimum atomic E-state index is -0.606. The lowest BCUT2D eigenvalue weighted by Crippen LogP contribution is -2.07. The van der Waals surface area contributed by atoms with Gasteiger partial charge in [0.15, 0.2) is 6.61 Å². The Morgan fingerprint density at radius 3 is 2.62 bits per heavy atom. The number of ether oxygens (including phenoxy) is 1. The van der Waals surface area contributed by atoms with Crippen molar-refractivity contribution in [1.82, 2.24) is 15.2 Å². The predicted molar refractivity (Wildman–Crippen MR) is 79.7 cm³/mol. The number of non-ortho nitro benzene ring substituents is 1. The molecule has 24 heavy (non-hydrogen) atoms. The Morgan fingerprint density at radius 2 is 1.96 bits per heavy atom. The van der Waals surface area contributed by atoms with Crippen LogP contribution in [0.15, 0.2) is 53.1 Å². The third-order valence-corrected chi connectivity index (χ3v) is 2.99. The highest BCUT2D eigenvalue weighted by molar-refractivity contribution is 5.86. The summed E-state index contributed by atoms with van der Waals surface area (Å²) in [6.07, 6.45) is 1.48. The first kappa shape index (κ1) is 15.3. The summed E-state index contributed by atoms with van der Waals surface area (Å²) < 4.78 is 10.4. The summed E-state index contributed by atoms with van der Waals surface area (Å²) in [6.45, 7) is -0.199. The van der Waals surface area contributed by atoms with Crippen LogP contribution in [-0.4, -0.2) is 26.1 Å². The first-order chi connectivity index (χ1) is 11.6. The molecule has 0 atom stereocenters. The maximum atomic E-state index is 11.8. The molecule has 0 amide bonds. The van der Waals surface area contributed by atoms with E-state index in [0.29, 0.717) is 5.56 Å². The van der Waals surface area contributed by atoms with E-state index in [9.17, 15) is 14.9 Å². The molecule has 9 nitrogen and oxygen atoms in total. The summed E-state index contributed by atoms with van der Waals surface area (Å²) in [4.78, 5) is 25.7. The normalized spacial score (nSPS) is 10.3. The smallest absolute Gasteiger partial charge is 0.357 e. The maximum Gasteiger partial charge on any atom is 0.357 e. The lowest BCUT2D eigenvalue weighted by atomic mass is 10.2. The van der Waals surface area contributed by atoms with Crippen molar-refractivity contribution in [3.05, 3.63) is 70.4 Å². The Bertz CT molecular complexity index is 861. The lowest BCUT2D eigenvalue weighted by Gasteiger charge is -2.00. The van der Waals surface area contributed by atoms with Gasteiger partial charge < -0.3 is 9.15 Å². The average molecular weight is 326 g/mol. The first-order valence-electron chi connectivity index (χ1n) is 6.79. The first-order valence-corrected chi connectivity index (χ1v) is 6.79.